The number of nitrogens with one attached hydrogen (secondary N) is 1. The lowest BCUT2D eigenvalue weighted by Gasteiger charge is -2.17. The van der Waals surface area contributed by atoms with E-state index in [1.54, 1.807) is 0 Å². The van der Waals surface area contributed by atoms with Crippen LogP contribution in [-0.4, -0.2) is 21.8 Å². The molecule has 1 aromatic heterocycles. The Morgan fingerprint density at radius 1 is 1.31 bits per heavy atom. The molecule has 0 amide bonds. The van der Waals surface area contributed by atoms with E-state index < -0.39 is 0 Å². The molecule has 0 aliphatic carbocycles. The monoisotopic (exact) mass is 182 g/mol. The zero-order valence-electron chi connectivity index (χ0n) is 9.05. The SMILES string of the molecule is CNCc1nnc(C(C)(C)C)n1C. The van der Waals surface area contributed by atoms with Crippen LogP contribution in [0.3, 0.4) is 0 Å². The van der Waals surface area contributed by atoms with Gasteiger partial charge in [0.25, 0.3) is 0 Å². The second kappa shape index (κ2) is 3.46. The van der Waals surface area contributed by atoms with Crippen molar-refractivity contribution >= 4 is 0 Å². The van der Waals surface area contributed by atoms with Crippen molar-refractivity contribution in [2.75, 3.05) is 7.05 Å². The van der Waals surface area contributed by atoms with Crippen molar-refractivity contribution in [2.45, 2.75) is 32.7 Å². The highest BCUT2D eigenvalue weighted by molar-refractivity contribution is 5.05. The van der Waals surface area contributed by atoms with Crippen LogP contribution in [0.2, 0.25) is 0 Å². The van der Waals surface area contributed by atoms with Crippen LogP contribution in [0.5, 0.6) is 0 Å². The van der Waals surface area contributed by atoms with E-state index >= 15 is 0 Å². The number of rotatable bonds is 2. The van der Waals surface area contributed by atoms with Gasteiger partial charge in [0, 0.05) is 12.5 Å². The summed E-state index contributed by atoms with van der Waals surface area (Å²) in [5, 5.41) is 11.4. The minimum absolute atomic E-state index is 0.0632. The molecule has 0 spiro atoms. The summed E-state index contributed by atoms with van der Waals surface area (Å²) in [7, 11) is 3.92. The third-order valence-electron chi connectivity index (χ3n) is 1.97. The summed E-state index contributed by atoms with van der Waals surface area (Å²) in [5.74, 6) is 2.00. The van der Waals surface area contributed by atoms with Gasteiger partial charge in [-0.2, -0.15) is 0 Å². The summed E-state index contributed by atoms with van der Waals surface area (Å²) in [5.41, 5.74) is 0.0632. The standard InChI is InChI=1S/C9H18N4/c1-9(2,3)8-12-11-7(6-10-4)13(8)5/h10H,6H2,1-5H3. The number of nitrogens with zero attached hydrogens (tertiary/aromatic N) is 3. The van der Waals surface area contributed by atoms with Gasteiger partial charge in [-0.3, -0.25) is 0 Å². The first kappa shape index (κ1) is 10.2. The quantitative estimate of drug-likeness (QED) is 0.736. The Kier molecular flexibility index (Phi) is 2.71. The molecule has 4 nitrogen and oxygen atoms in total. The topological polar surface area (TPSA) is 42.7 Å². The Morgan fingerprint density at radius 2 is 1.92 bits per heavy atom. The summed E-state index contributed by atoms with van der Waals surface area (Å²) in [4.78, 5) is 0. The van der Waals surface area contributed by atoms with Crippen LogP contribution < -0.4 is 5.32 Å². The molecular weight excluding hydrogens is 164 g/mol. The van der Waals surface area contributed by atoms with Crippen molar-refractivity contribution in [1.29, 1.82) is 0 Å². The van der Waals surface area contributed by atoms with Crippen molar-refractivity contribution < 1.29 is 0 Å². The Hall–Kier alpha value is -0.900. The van der Waals surface area contributed by atoms with Gasteiger partial charge < -0.3 is 9.88 Å². The van der Waals surface area contributed by atoms with E-state index in [4.69, 9.17) is 0 Å². The lowest BCUT2D eigenvalue weighted by Crippen LogP contribution is -2.19. The van der Waals surface area contributed by atoms with Gasteiger partial charge in [-0.15, -0.1) is 10.2 Å². The number of hydrogen-bond acceptors (Lipinski definition) is 3. The normalized spacial score (nSPS) is 12.1. The fourth-order valence-corrected chi connectivity index (χ4v) is 1.33. The molecule has 0 saturated heterocycles. The maximum atomic E-state index is 4.18. The highest BCUT2D eigenvalue weighted by Gasteiger charge is 2.21. The molecule has 0 saturated carbocycles. The van der Waals surface area contributed by atoms with Gasteiger partial charge in [-0.1, -0.05) is 20.8 Å². The average molecular weight is 182 g/mol. The van der Waals surface area contributed by atoms with Gasteiger partial charge in [0.2, 0.25) is 0 Å². The molecule has 74 valence electrons. The minimum Gasteiger partial charge on any atom is -0.317 e. The molecular formula is C9H18N4. The first-order valence-corrected chi connectivity index (χ1v) is 4.50. The summed E-state index contributed by atoms with van der Waals surface area (Å²) < 4.78 is 2.05. The van der Waals surface area contributed by atoms with Crippen LogP contribution >= 0.6 is 0 Å². The van der Waals surface area contributed by atoms with Gasteiger partial charge in [-0.05, 0) is 7.05 Å². The second-order valence-corrected chi connectivity index (χ2v) is 4.28. The maximum Gasteiger partial charge on any atom is 0.146 e. The minimum atomic E-state index is 0.0632. The van der Waals surface area contributed by atoms with Crippen LogP contribution in [0, 0.1) is 0 Å². The van der Waals surface area contributed by atoms with Crippen LogP contribution in [-0.2, 0) is 19.0 Å². The van der Waals surface area contributed by atoms with E-state index in [0.29, 0.717) is 0 Å². The van der Waals surface area contributed by atoms with E-state index in [1.165, 1.54) is 0 Å². The lowest BCUT2D eigenvalue weighted by molar-refractivity contribution is 0.515. The Bertz CT molecular complexity index is 282. The summed E-state index contributed by atoms with van der Waals surface area (Å²) in [6.07, 6.45) is 0. The highest BCUT2D eigenvalue weighted by Crippen LogP contribution is 2.19. The van der Waals surface area contributed by atoms with Gasteiger partial charge in [-0.25, -0.2) is 0 Å². The highest BCUT2D eigenvalue weighted by atomic mass is 15.3. The van der Waals surface area contributed by atoms with Crippen molar-refractivity contribution in [3.8, 4) is 0 Å². The zero-order chi connectivity index (χ0) is 10.1. The van der Waals surface area contributed by atoms with Crippen LogP contribution in [0.4, 0.5) is 0 Å². The molecule has 0 atom stereocenters. The molecule has 0 unspecified atom stereocenters. The average Bonchev–Trinajstić information content (AvgIpc) is 2.32. The van der Waals surface area contributed by atoms with Gasteiger partial charge >= 0.3 is 0 Å². The zero-order valence-corrected chi connectivity index (χ0v) is 9.05. The van der Waals surface area contributed by atoms with Crippen molar-refractivity contribution in [2.24, 2.45) is 7.05 Å². The molecule has 1 rings (SSSR count). The summed E-state index contributed by atoms with van der Waals surface area (Å²) >= 11 is 0. The van der Waals surface area contributed by atoms with E-state index in [0.717, 1.165) is 18.2 Å². The smallest absolute Gasteiger partial charge is 0.146 e. The molecule has 0 aliphatic rings. The van der Waals surface area contributed by atoms with Crippen LogP contribution in [0.15, 0.2) is 0 Å². The van der Waals surface area contributed by atoms with E-state index in [9.17, 15) is 0 Å². The molecule has 0 bridgehead atoms. The lowest BCUT2D eigenvalue weighted by atomic mass is 9.96. The molecule has 13 heavy (non-hydrogen) atoms. The summed E-state index contributed by atoms with van der Waals surface area (Å²) in [6, 6.07) is 0. The molecule has 0 aromatic carbocycles. The fourth-order valence-electron chi connectivity index (χ4n) is 1.33. The van der Waals surface area contributed by atoms with Crippen LogP contribution in [0.25, 0.3) is 0 Å². The van der Waals surface area contributed by atoms with Crippen molar-refractivity contribution in [3.63, 3.8) is 0 Å². The predicted octanol–water partition coefficient (Wildman–Crippen LogP) is 0.832. The molecule has 1 N–H and O–H groups in total. The van der Waals surface area contributed by atoms with Gasteiger partial charge in [0.1, 0.15) is 11.6 Å². The Balaban J connectivity index is 2.99. The molecule has 1 aromatic rings. The molecule has 1 heterocycles. The van der Waals surface area contributed by atoms with Gasteiger partial charge in [0.15, 0.2) is 0 Å². The first-order valence-electron chi connectivity index (χ1n) is 4.50. The van der Waals surface area contributed by atoms with Crippen molar-refractivity contribution in [1.82, 2.24) is 20.1 Å². The Morgan fingerprint density at radius 3 is 2.31 bits per heavy atom. The second-order valence-electron chi connectivity index (χ2n) is 4.28. The molecule has 4 heteroatoms. The van der Waals surface area contributed by atoms with E-state index in [1.807, 2.05) is 14.1 Å². The number of hydrogen-bond donors (Lipinski definition) is 1. The van der Waals surface area contributed by atoms with Crippen LogP contribution in [0.1, 0.15) is 32.4 Å². The largest absolute Gasteiger partial charge is 0.317 e. The molecule has 0 fully saturated rings. The third kappa shape index (κ3) is 2.06. The third-order valence-corrected chi connectivity index (χ3v) is 1.97. The van der Waals surface area contributed by atoms with Crippen molar-refractivity contribution in [3.05, 3.63) is 11.6 Å². The van der Waals surface area contributed by atoms with Gasteiger partial charge in [0.05, 0.1) is 6.54 Å². The molecule has 0 aliphatic heterocycles. The van der Waals surface area contributed by atoms with E-state index in [2.05, 4.69) is 40.9 Å². The number of aromatic nitrogens is 3. The summed E-state index contributed by atoms with van der Waals surface area (Å²) in [6.45, 7) is 7.18. The van der Waals surface area contributed by atoms with E-state index in [-0.39, 0.29) is 5.41 Å². The maximum absolute atomic E-state index is 4.18. The molecule has 0 radical (unpaired) electrons. The predicted molar refractivity (Wildman–Crippen MR) is 52.5 cm³/mol. The Labute approximate surface area is 79.4 Å². The first-order chi connectivity index (χ1) is 5.96. The fraction of sp³-hybridized carbons (Fsp3) is 0.778.